The number of hydrogen-bond donors (Lipinski definition) is 0. The van der Waals surface area contributed by atoms with E-state index in [1.807, 2.05) is 24.3 Å². The Hall–Kier alpha value is -3.53. The van der Waals surface area contributed by atoms with Crippen LogP contribution in [0, 0.1) is 11.3 Å². The van der Waals surface area contributed by atoms with Gasteiger partial charge in [-0.15, -0.1) is 0 Å². The van der Waals surface area contributed by atoms with E-state index in [4.69, 9.17) is 0 Å². The molecule has 27 heavy (non-hydrogen) atoms. The predicted molar refractivity (Wildman–Crippen MR) is 97.8 cm³/mol. The van der Waals surface area contributed by atoms with Gasteiger partial charge in [-0.1, -0.05) is 36.4 Å². The largest absolute Gasteiger partial charge is 0.330 e. The SMILES string of the molecule is N#C[C@H]1CN(c2cccc(C(F)F)c2)C(=O)N1c1cncc2ccccc12. The standard InChI is InChI=1S/C20H14F2N4O/c21-19(22)13-5-3-6-15(8-13)25-12-16(9-23)26(20(25)27)18-11-24-10-14-4-1-2-7-17(14)18/h1-8,10-11,16,19H,12H2/t16-/m0/s1. The molecule has 3 aromatic rings. The molecule has 7 heteroatoms. The van der Waals surface area contributed by atoms with Gasteiger partial charge in [0, 0.05) is 28.2 Å². The van der Waals surface area contributed by atoms with Crippen molar-refractivity contribution in [2.75, 3.05) is 16.3 Å². The van der Waals surface area contributed by atoms with E-state index in [0.29, 0.717) is 11.4 Å². The van der Waals surface area contributed by atoms with Gasteiger partial charge in [0.2, 0.25) is 0 Å². The number of rotatable bonds is 3. The zero-order valence-electron chi connectivity index (χ0n) is 14.1. The number of carbonyl (C=O) groups is 1. The Labute approximate surface area is 154 Å². The van der Waals surface area contributed by atoms with Crippen molar-refractivity contribution in [3.05, 3.63) is 66.5 Å². The Kier molecular flexibility index (Phi) is 4.16. The molecule has 5 nitrogen and oxygen atoms in total. The van der Waals surface area contributed by atoms with E-state index in [2.05, 4.69) is 11.1 Å². The summed E-state index contributed by atoms with van der Waals surface area (Å²) in [6, 6.07) is 14.0. The van der Waals surface area contributed by atoms with Crippen molar-refractivity contribution in [3.63, 3.8) is 0 Å². The first kappa shape index (κ1) is 16.9. The second-order valence-electron chi connectivity index (χ2n) is 6.18. The molecule has 2 heterocycles. The van der Waals surface area contributed by atoms with Crippen LogP contribution < -0.4 is 9.80 Å². The normalized spacial score (nSPS) is 17.0. The Morgan fingerprint density at radius 1 is 1.15 bits per heavy atom. The molecule has 1 fully saturated rings. The lowest BCUT2D eigenvalue weighted by atomic mass is 10.1. The molecule has 0 saturated carbocycles. The van der Waals surface area contributed by atoms with Crippen LogP contribution in [-0.4, -0.2) is 23.6 Å². The number of anilines is 2. The summed E-state index contributed by atoms with van der Waals surface area (Å²) in [7, 11) is 0. The van der Waals surface area contributed by atoms with Gasteiger partial charge in [0.1, 0.15) is 6.04 Å². The lowest BCUT2D eigenvalue weighted by Gasteiger charge is -2.21. The Balaban J connectivity index is 1.78. The van der Waals surface area contributed by atoms with E-state index in [-0.39, 0.29) is 12.1 Å². The number of aromatic nitrogens is 1. The molecule has 1 saturated heterocycles. The molecule has 0 radical (unpaired) electrons. The van der Waals surface area contributed by atoms with Crippen molar-refractivity contribution in [3.8, 4) is 6.07 Å². The number of alkyl halides is 2. The first-order chi connectivity index (χ1) is 13.1. The van der Waals surface area contributed by atoms with E-state index in [9.17, 15) is 18.8 Å². The summed E-state index contributed by atoms with van der Waals surface area (Å²) < 4.78 is 26.0. The van der Waals surface area contributed by atoms with Gasteiger partial charge >= 0.3 is 6.03 Å². The van der Waals surface area contributed by atoms with Gasteiger partial charge < -0.3 is 0 Å². The second-order valence-corrected chi connectivity index (χ2v) is 6.18. The molecular formula is C20H14F2N4O. The summed E-state index contributed by atoms with van der Waals surface area (Å²) in [6.45, 7) is 0.0885. The number of halogens is 2. The summed E-state index contributed by atoms with van der Waals surface area (Å²) in [5, 5.41) is 11.2. The lowest BCUT2D eigenvalue weighted by Crippen LogP contribution is -2.34. The minimum Gasteiger partial charge on any atom is -0.291 e. The van der Waals surface area contributed by atoms with Crippen LogP contribution in [0.25, 0.3) is 10.8 Å². The third kappa shape index (κ3) is 2.85. The highest BCUT2D eigenvalue weighted by Gasteiger charge is 2.40. The first-order valence-electron chi connectivity index (χ1n) is 8.31. The number of benzene rings is 2. The van der Waals surface area contributed by atoms with Crippen molar-refractivity contribution in [2.45, 2.75) is 12.5 Å². The highest BCUT2D eigenvalue weighted by Crippen LogP contribution is 2.34. The van der Waals surface area contributed by atoms with Crippen molar-refractivity contribution >= 4 is 28.2 Å². The molecule has 0 N–H and O–H groups in total. The molecule has 4 rings (SSSR count). The van der Waals surface area contributed by atoms with Crippen LogP contribution in [-0.2, 0) is 0 Å². The fraction of sp³-hybridized carbons (Fsp3) is 0.150. The van der Waals surface area contributed by atoms with Gasteiger partial charge in [-0.05, 0) is 12.1 Å². The molecule has 134 valence electrons. The molecule has 2 amide bonds. The maximum Gasteiger partial charge on any atom is 0.330 e. The quantitative estimate of drug-likeness (QED) is 0.687. The Morgan fingerprint density at radius 2 is 1.96 bits per heavy atom. The second kappa shape index (κ2) is 6.65. The maximum absolute atomic E-state index is 13.1. The molecule has 0 spiro atoms. The van der Waals surface area contributed by atoms with Gasteiger partial charge in [-0.3, -0.25) is 14.8 Å². The van der Waals surface area contributed by atoms with Crippen molar-refractivity contribution < 1.29 is 13.6 Å². The van der Waals surface area contributed by atoms with Crippen molar-refractivity contribution in [1.29, 1.82) is 5.26 Å². The van der Waals surface area contributed by atoms with E-state index in [1.54, 1.807) is 18.5 Å². The fourth-order valence-corrected chi connectivity index (χ4v) is 3.30. The average molecular weight is 364 g/mol. The van der Waals surface area contributed by atoms with Gasteiger partial charge in [0.15, 0.2) is 0 Å². The number of urea groups is 1. The van der Waals surface area contributed by atoms with Crippen molar-refractivity contribution in [1.82, 2.24) is 4.98 Å². The summed E-state index contributed by atoms with van der Waals surface area (Å²) in [5.41, 5.74) is 0.699. The zero-order valence-corrected chi connectivity index (χ0v) is 14.1. The van der Waals surface area contributed by atoms with Crippen LogP contribution in [0.1, 0.15) is 12.0 Å². The molecule has 1 aromatic heterocycles. The number of pyridine rings is 1. The monoisotopic (exact) mass is 364 g/mol. The smallest absolute Gasteiger partial charge is 0.291 e. The first-order valence-corrected chi connectivity index (χ1v) is 8.31. The molecule has 1 aliphatic rings. The summed E-state index contributed by atoms with van der Waals surface area (Å²) >= 11 is 0. The number of hydrogen-bond acceptors (Lipinski definition) is 3. The molecular weight excluding hydrogens is 350 g/mol. The molecule has 1 atom stereocenters. The lowest BCUT2D eigenvalue weighted by molar-refractivity contribution is 0.151. The van der Waals surface area contributed by atoms with Crippen LogP contribution in [0.15, 0.2) is 60.9 Å². The third-order valence-corrected chi connectivity index (χ3v) is 4.59. The predicted octanol–water partition coefficient (Wildman–Crippen LogP) is 4.51. The van der Waals surface area contributed by atoms with Crippen LogP contribution >= 0.6 is 0 Å². The van der Waals surface area contributed by atoms with Gasteiger partial charge in [0.05, 0.1) is 24.5 Å². The maximum atomic E-state index is 13.1. The molecule has 0 bridgehead atoms. The van der Waals surface area contributed by atoms with E-state index >= 15 is 0 Å². The minimum atomic E-state index is -2.63. The molecule has 0 unspecified atom stereocenters. The number of nitriles is 1. The summed E-state index contributed by atoms with van der Waals surface area (Å²) in [6.07, 6.45) is 0.599. The Morgan fingerprint density at radius 3 is 2.74 bits per heavy atom. The van der Waals surface area contributed by atoms with Crippen LogP contribution in [0.2, 0.25) is 0 Å². The third-order valence-electron chi connectivity index (χ3n) is 4.59. The molecule has 2 aromatic carbocycles. The van der Waals surface area contributed by atoms with Gasteiger partial charge in [0.25, 0.3) is 6.43 Å². The van der Waals surface area contributed by atoms with Crippen molar-refractivity contribution in [2.24, 2.45) is 0 Å². The highest BCUT2D eigenvalue weighted by molar-refractivity contribution is 6.11. The van der Waals surface area contributed by atoms with E-state index in [1.165, 1.54) is 28.0 Å². The number of nitrogens with zero attached hydrogens (tertiary/aromatic N) is 4. The number of amides is 2. The minimum absolute atomic E-state index is 0.0885. The average Bonchev–Trinajstić information content (AvgIpc) is 3.04. The fourth-order valence-electron chi connectivity index (χ4n) is 3.30. The van der Waals surface area contributed by atoms with E-state index in [0.717, 1.165) is 10.8 Å². The topological polar surface area (TPSA) is 60.2 Å². The zero-order chi connectivity index (χ0) is 19.0. The highest BCUT2D eigenvalue weighted by atomic mass is 19.3. The van der Waals surface area contributed by atoms with E-state index < -0.39 is 18.5 Å². The summed E-state index contributed by atoms with van der Waals surface area (Å²) in [5.74, 6) is 0. The molecule has 1 aliphatic heterocycles. The molecule has 0 aliphatic carbocycles. The Bertz CT molecular complexity index is 1060. The number of carbonyl (C=O) groups excluding carboxylic acids is 1. The van der Waals surface area contributed by atoms with Crippen LogP contribution in [0.3, 0.4) is 0 Å². The summed E-state index contributed by atoms with van der Waals surface area (Å²) in [4.78, 5) is 20.0. The van der Waals surface area contributed by atoms with Crippen LogP contribution in [0.5, 0.6) is 0 Å². The number of fused-ring (bicyclic) bond motifs is 1. The van der Waals surface area contributed by atoms with Gasteiger partial charge in [-0.2, -0.15) is 5.26 Å². The van der Waals surface area contributed by atoms with Gasteiger partial charge in [-0.25, -0.2) is 13.6 Å². The van der Waals surface area contributed by atoms with Crippen LogP contribution in [0.4, 0.5) is 25.0 Å².